The zero-order valence-corrected chi connectivity index (χ0v) is 18.8. The summed E-state index contributed by atoms with van der Waals surface area (Å²) in [7, 11) is 0. The molecule has 0 saturated carbocycles. The second kappa shape index (κ2) is 9.20. The van der Waals surface area contributed by atoms with E-state index in [1.807, 2.05) is 0 Å². The number of hydrogen-bond donors (Lipinski definition) is 4. The molecule has 0 heterocycles. The van der Waals surface area contributed by atoms with Crippen LogP contribution in [0.5, 0.6) is 34.5 Å². The summed E-state index contributed by atoms with van der Waals surface area (Å²) in [6.07, 6.45) is 23.3. The molecule has 0 bridgehead atoms. The second-order valence-electron chi connectivity index (χ2n) is 7.57. The van der Waals surface area contributed by atoms with Crippen molar-refractivity contribution in [1.82, 2.24) is 0 Å². The highest BCUT2D eigenvalue weighted by molar-refractivity contribution is 5.99. The Morgan fingerprint density at radius 3 is 1.28 bits per heavy atom. The van der Waals surface area contributed by atoms with Gasteiger partial charge in [-0.25, -0.2) is 0 Å². The SMILES string of the molecule is C#Cc1cc2c(C#C)c(Oc3ccc(N)c(O)c3)c(C#C)cc2c(C#C)c1Oc1ccc(N)c(O)c1. The first-order valence-corrected chi connectivity index (χ1v) is 10.4. The Kier molecular flexibility index (Phi) is 5.97. The molecule has 6 nitrogen and oxygen atoms in total. The Morgan fingerprint density at radius 2 is 0.972 bits per heavy atom. The van der Waals surface area contributed by atoms with Gasteiger partial charge in [0.1, 0.15) is 23.0 Å². The Labute approximate surface area is 208 Å². The molecule has 0 radical (unpaired) electrons. The average molecular weight is 470 g/mol. The molecule has 0 amide bonds. The number of phenols is 2. The first-order valence-electron chi connectivity index (χ1n) is 10.4. The smallest absolute Gasteiger partial charge is 0.159 e. The van der Waals surface area contributed by atoms with Crippen LogP contribution >= 0.6 is 0 Å². The average Bonchev–Trinajstić information content (AvgIpc) is 2.87. The zero-order chi connectivity index (χ0) is 26.0. The molecular weight excluding hydrogens is 452 g/mol. The van der Waals surface area contributed by atoms with Crippen LogP contribution in [0, 0.1) is 49.4 Å². The van der Waals surface area contributed by atoms with Crippen molar-refractivity contribution in [2.75, 3.05) is 11.5 Å². The lowest BCUT2D eigenvalue weighted by Gasteiger charge is -2.18. The van der Waals surface area contributed by atoms with Gasteiger partial charge in [-0.3, -0.25) is 0 Å². The van der Waals surface area contributed by atoms with E-state index in [9.17, 15) is 10.2 Å². The van der Waals surface area contributed by atoms with Crippen LogP contribution in [0.1, 0.15) is 22.3 Å². The fraction of sp³-hybridized carbons (Fsp3) is 0. The highest BCUT2D eigenvalue weighted by Crippen LogP contribution is 2.42. The van der Waals surface area contributed by atoms with Crippen LogP contribution in [0.3, 0.4) is 0 Å². The van der Waals surface area contributed by atoms with Crippen LogP contribution in [0.25, 0.3) is 10.8 Å². The summed E-state index contributed by atoms with van der Waals surface area (Å²) in [5, 5.41) is 20.9. The first kappa shape index (κ1) is 23.3. The molecular formula is C30H18N2O4. The molecule has 4 rings (SSSR count). The number of rotatable bonds is 4. The fourth-order valence-corrected chi connectivity index (χ4v) is 3.63. The lowest BCUT2D eigenvalue weighted by Crippen LogP contribution is -1.99. The van der Waals surface area contributed by atoms with E-state index in [4.69, 9.17) is 46.6 Å². The van der Waals surface area contributed by atoms with Gasteiger partial charge in [0.25, 0.3) is 0 Å². The number of benzene rings is 4. The third kappa shape index (κ3) is 4.00. The second-order valence-corrected chi connectivity index (χ2v) is 7.57. The van der Waals surface area contributed by atoms with Crippen molar-refractivity contribution in [3.8, 4) is 83.9 Å². The van der Waals surface area contributed by atoms with Crippen molar-refractivity contribution < 1.29 is 19.7 Å². The van der Waals surface area contributed by atoms with E-state index < -0.39 is 0 Å². The number of phenolic OH excluding ortho intramolecular Hbond substituents is 2. The monoisotopic (exact) mass is 470 g/mol. The molecule has 0 fully saturated rings. The molecule has 6 heteroatoms. The maximum atomic E-state index is 9.96. The quantitative estimate of drug-likeness (QED) is 0.191. The first-order chi connectivity index (χ1) is 17.3. The molecule has 0 saturated heterocycles. The lowest BCUT2D eigenvalue weighted by atomic mass is 9.93. The number of nitrogen functional groups attached to an aromatic ring is 2. The van der Waals surface area contributed by atoms with Gasteiger partial charge in [-0.1, -0.05) is 23.7 Å². The van der Waals surface area contributed by atoms with Gasteiger partial charge in [0, 0.05) is 22.9 Å². The van der Waals surface area contributed by atoms with Gasteiger partial charge in [0.05, 0.1) is 33.6 Å². The molecule has 0 aliphatic heterocycles. The number of fused-ring (bicyclic) bond motifs is 1. The highest BCUT2D eigenvalue weighted by atomic mass is 16.5. The summed E-state index contributed by atoms with van der Waals surface area (Å²) in [5.74, 6) is 11.0. The lowest BCUT2D eigenvalue weighted by molar-refractivity contribution is 0.455. The molecule has 4 aromatic carbocycles. The standard InChI is InChI=1S/C30H18N2O4/c1-5-17-13-23-22(8-4)30(36-20-10-12-26(32)28(34)16-20)18(6-2)14-24(23)21(7-3)29(17)35-19-9-11-25(31)27(33)15-19/h1-4,9-16,33-34H,31-32H2. The molecule has 36 heavy (non-hydrogen) atoms. The highest BCUT2D eigenvalue weighted by Gasteiger charge is 2.21. The molecule has 4 aromatic rings. The summed E-state index contributed by atoms with van der Waals surface area (Å²) in [5.41, 5.74) is 13.0. The van der Waals surface area contributed by atoms with Crippen molar-refractivity contribution in [2.45, 2.75) is 0 Å². The molecule has 0 aliphatic carbocycles. The van der Waals surface area contributed by atoms with Crippen molar-refractivity contribution >= 4 is 22.1 Å². The van der Waals surface area contributed by atoms with Gasteiger partial charge >= 0.3 is 0 Å². The summed E-state index contributed by atoms with van der Waals surface area (Å²) in [6, 6.07) is 12.1. The van der Waals surface area contributed by atoms with Crippen LogP contribution in [-0.2, 0) is 0 Å². The number of anilines is 2. The van der Waals surface area contributed by atoms with Crippen molar-refractivity contribution in [3.63, 3.8) is 0 Å². The minimum atomic E-state index is -0.155. The maximum absolute atomic E-state index is 9.96. The van der Waals surface area contributed by atoms with Gasteiger partial charge in [0.2, 0.25) is 0 Å². The molecule has 172 valence electrons. The minimum absolute atomic E-state index is 0.155. The van der Waals surface area contributed by atoms with Crippen molar-refractivity contribution in [2.24, 2.45) is 0 Å². The molecule has 0 aromatic heterocycles. The fourth-order valence-electron chi connectivity index (χ4n) is 3.63. The van der Waals surface area contributed by atoms with Gasteiger partial charge < -0.3 is 31.2 Å². The number of terminal acetylenes is 4. The van der Waals surface area contributed by atoms with Crippen molar-refractivity contribution in [1.29, 1.82) is 0 Å². The predicted molar refractivity (Wildman–Crippen MR) is 141 cm³/mol. The van der Waals surface area contributed by atoms with Crippen LogP contribution in [-0.4, -0.2) is 10.2 Å². The topological polar surface area (TPSA) is 111 Å². The van der Waals surface area contributed by atoms with Crippen LogP contribution in [0.15, 0.2) is 48.5 Å². The van der Waals surface area contributed by atoms with E-state index in [2.05, 4.69) is 23.7 Å². The van der Waals surface area contributed by atoms with E-state index in [1.165, 1.54) is 24.3 Å². The maximum Gasteiger partial charge on any atom is 0.159 e. The van der Waals surface area contributed by atoms with Crippen LogP contribution < -0.4 is 20.9 Å². The number of ether oxygens (including phenoxy) is 2. The number of aromatic hydroxyl groups is 2. The Bertz CT molecular complexity index is 1600. The van der Waals surface area contributed by atoms with Gasteiger partial charge in [-0.15, -0.1) is 25.7 Å². The van der Waals surface area contributed by atoms with E-state index in [1.54, 1.807) is 24.3 Å². The molecule has 0 spiro atoms. The number of nitrogens with two attached hydrogens (primary N) is 2. The summed E-state index contributed by atoms with van der Waals surface area (Å²) in [6.45, 7) is 0. The Hall–Kier alpha value is -5.82. The third-order valence-electron chi connectivity index (χ3n) is 5.39. The van der Waals surface area contributed by atoms with Gasteiger partial charge in [-0.05, 0) is 36.4 Å². The predicted octanol–water partition coefficient (Wildman–Crippen LogP) is 4.93. The van der Waals surface area contributed by atoms with Crippen LogP contribution in [0.4, 0.5) is 11.4 Å². The molecule has 0 aliphatic rings. The minimum Gasteiger partial charge on any atom is -0.506 e. The normalized spacial score (nSPS) is 10.0. The molecule has 0 atom stereocenters. The summed E-state index contributed by atoms with van der Waals surface area (Å²) in [4.78, 5) is 0. The van der Waals surface area contributed by atoms with Gasteiger partial charge in [0.15, 0.2) is 11.5 Å². The Morgan fingerprint density at radius 1 is 0.583 bits per heavy atom. The van der Waals surface area contributed by atoms with E-state index >= 15 is 0 Å². The molecule has 0 unspecified atom stereocenters. The van der Waals surface area contributed by atoms with Gasteiger partial charge in [-0.2, -0.15) is 0 Å². The number of hydrogen-bond acceptors (Lipinski definition) is 6. The summed E-state index contributed by atoms with van der Waals surface area (Å²) < 4.78 is 12.0. The Balaban J connectivity index is 1.97. The van der Waals surface area contributed by atoms with Crippen molar-refractivity contribution in [3.05, 3.63) is 70.8 Å². The van der Waals surface area contributed by atoms with E-state index in [0.717, 1.165) is 0 Å². The van der Waals surface area contributed by atoms with Crippen LogP contribution in [0.2, 0.25) is 0 Å². The largest absolute Gasteiger partial charge is 0.506 e. The molecule has 6 N–H and O–H groups in total. The van der Waals surface area contributed by atoms with E-state index in [0.29, 0.717) is 33.0 Å². The van der Waals surface area contributed by atoms with E-state index in [-0.39, 0.29) is 45.9 Å². The third-order valence-corrected chi connectivity index (χ3v) is 5.39. The zero-order valence-electron chi connectivity index (χ0n) is 18.8. The summed E-state index contributed by atoms with van der Waals surface area (Å²) >= 11 is 0.